The summed E-state index contributed by atoms with van der Waals surface area (Å²) in [5, 5.41) is 3.19. The fraction of sp³-hybridized carbons (Fsp3) is 0.588. The average Bonchev–Trinajstić information content (AvgIpc) is 2.52. The highest BCUT2D eigenvalue weighted by atomic mass is 35.5. The van der Waals surface area contributed by atoms with Gasteiger partial charge in [0.2, 0.25) is 0 Å². The summed E-state index contributed by atoms with van der Waals surface area (Å²) in [4.78, 5) is 14.7. The Morgan fingerprint density at radius 2 is 2.17 bits per heavy atom. The van der Waals surface area contributed by atoms with Crippen molar-refractivity contribution in [1.82, 2.24) is 10.2 Å². The monoisotopic (exact) mass is 342 g/mol. The molecule has 1 N–H and O–H groups in total. The van der Waals surface area contributed by atoms with Gasteiger partial charge in [0.05, 0.1) is 5.02 Å². The number of likely N-dealkylation sites (tertiary alicyclic amines) is 1. The summed E-state index contributed by atoms with van der Waals surface area (Å²) in [5.74, 6) is -0.286. The first-order valence-corrected chi connectivity index (χ1v) is 8.51. The number of benzene rings is 1. The van der Waals surface area contributed by atoms with Crippen molar-refractivity contribution in [3.8, 4) is 5.75 Å². The van der Waals surface area contributed by atoms with Crippen LogP contribution in [-0.2, 0) is 4.79 Å². The van der Waals surface area contributed by atoms with Gasteiger partial charge >= 0.3 is 0 Å². The summed E-state index contributed by atoms with van der Waals surface area (Å²) < 4.78 is 18.6. The molecule has 1 heterocycles. The highest BCUT2D eigenvalue weighted by Gasteiger charge is 2.23. The molecule has 1 atom stereocenters. The third kappa shape index (κ3) is 5.36. The number of rotatable bonds is 6. The van der Waals surface area contributed by atoms with Gasteiger partial charge in [-0.05, 0) is 50.9 Å². The van der Waals surface area contributed by atoms with Crippen LogP contribution in [0.1, 0.15) is 33.1 Å². The van der Waals surface area contributed by atoms with Crippen LogP contribution in [0.2, 0.25) is 5.02 Å². The molecule has 1 amide bonds. The molecule has 2 rings (SSSR count). The van der Waals surface area contributed by atoms with Crippen molar-refractivity contribution in [2.24, 2.45) is 0 Å². The molecule has 0 aromatic heterocycles. The third-order valence-corrected chi connectivity index (χ3v) is 4.34. The second kappa shape index (κ2) is 8.50. The molecule has 0 radical (unpaired) electrons. The summed E-state index contributed by atoms with van der Waals surface area (Å²) in [6.07, 6.45) is 2.39. The first kappa shape index (κ1) is 18.0. The maximum Gasteiger partial charge on any atom is 0.260 e. The van der Waals surface area contributed by atoms with Crippen LogP contribution in [0.3, 0.4) is 0 Å². The van der Waals surface area contributed by atoms with Gasteiger partial charge in [-0.25, -0.2) is 4.39 Å². The Labute approximate surface area is 141 Å². The fourth-order valence-corrected chi connectivity index (χ4v) is 2.96. The van der Waals surface area contributed by atoms with E-state index < -0.39 is 11.9 Å². The topological polar surface area (TPSA) is 41.6 Å². The molecule has 23 heavy (non-hydrogen) atoms. The number of carbonyl (C=O) groups excluding carboxylic acids is 1. The van der Waals surface area contributed by atoms with Gasteiger partial charge in [-0.15, -0.1) is 0 Å². The number of hydrogen-bond acceptors (Lipinski definition) is 3. The molecule has 128 valence electrons. The van der Waals surface area contributed by atoms with Crippen molar-refractivity contribution in [2.45, 2.75) is 45.3 Å². The first-order chi connectivity index (χ1) is 11.0. The van der Waals surface area contributed by atoms with Crippen molar-refractivity contribution < 1.29 is 13.9 Å². The second-order valence-corrected chi connectivity index (χ2v) is 6.37. The lowest BCUT2D eigenvalue weighted by atomic mass is 10.0. The number of carbonyl (C=O) groups is 1. The highest BCUT2D eigenvalue weighted by molar-refractivity contribution is 6.32. The lowest BCUT2D eigenvalue weighted by Gasteiger charge is -2.32. The molecule has 1 aliphatic rings. The fourth-order valence-electron chi connectivity index (χ4n) is 2.75. The van der Waals surface area contributed by atoms with E-state index in [0.29, 0.717) is 5.75 Å². The van der Waals surface area contributed by atoms with Crippen molar-refractivity contribution in [3.05, 3.63) is 29.0 Å². The quantitative estimate of drug-likeness (QED) is 0.863. The van der Waals surface area contributed by atoms with Gasteiger partial charge in [-0.3, -0.25) is 4.79 Å². The maximum absolute atomic E-state index is 13.0. The Bertz CT molecular complexity index is 533. The zero-order valence-corrected chi connectivity index (χ0v) is 14.4. The van der Waals surface area contributed by atoms with E-state index in [9.17, 15) is 9.18 Å². The van der Waals surface area contributed by atoms with Crippen LogP contribution in [0.25, 0.3) is 0 Å². The minimum absolute atomic E-state index is 0.164. The summed E-state index contributed by atoms with van der Waals surface area (Å²) in [6, 6.07) is 4.05. The van der Waals surface area contributed by atoms with E-state index in [0.717, 1.165) is 38.9 Å². The smallest absolute Gasteiger partial charge is 0.260 e. The summed E-state index contributed by atoms with van der Waals surface area (Å²) in [6.45, 7) is 6.98. The van der Waals surface area contributed by atoms with Crippen LogP contribution < -0.4 is 10.1 Å². The van der Waals surface area contributed by atoms with Gasteiger partial charge in [0.25, 0.3) is 5.91 Å². The molecule has 4 nitrogen and oxygen atoms in total. The second-order valence-electron chi connectivity index (χ2n) is 5.96. The number of nitrogens with one attached hydrogen (secondary N) is 1. The van der Waals surface area contributed by atoms with Crippen molar-refractivity contribution >= 4 is 17.5 Å². The number of halogens is 2. The lowest BCUT2D eigenvalue weighted by Crippen LogP contribution is -2.48. The molecule has 1 aliphatic heterocycles. The molecule has 0 spiro atoms. The van der Waals surface area contributed by atoms with Crippen LogP contribution in [0.15, 0.2) is 18.2 Å². The largest absolute Gasteiger partial charge is 0.479 e. The first-order valence-electron chi connectivity index (χ1n) is 8.14. The zero-order chi connectivity index (χ0) is 16.8. The normalized spacial score (nSPS) is 17.7. The standard InChI is InChI=1S/C17H24ClFN2O2/c1-3-8-21-9-6-14(7-10-21)20-17(22)12(2)23-16-5-4-13(19)11-15(16)18/h4-5,11-12,14H,3,6-10H2,1-2H3,(H,20,22)/t12-/m1/s1. The molecule has 0 saturated carbocycles. The Morgan fingerprint density at radius 1 is 1.48 bits per heavy atom. The molecule has 0 unspecified atom stereocenters. The lowest BCUT2D eigenvalue weighted by molar-refractivity contribution is -0.128. The van der Waals surface area contributed by atoms with Gasteiger partial charge in [0.15, 0.2) is 6.10 Å². The average molecular weight is 343 g/mol. The summed E-state index contributed by atoms with van der Waals surface area (Å²) in [7, 11) is 0. The molecule has 0 bridgehead atoms. The Morgan fingerprint density at radius 3 is 2.78 bits per heavy atom. The van der Waals surface area contributed by atoms with Gasteiger partial charge in [0, 0.05) is 19.1 Å². The molecule has 1 saturated heterocycles. The van der Waals surface area contributed by atoms with E-state index in [-0.39, 0.29) is 17.0 Å². The molecular weight excluding hydrogens is 319 g/mol. The molecule has 1 fully saturated rings. The van der Waals surface area contributed by atoms with Crippen LogP contribution >= 0.6 is 11.6 Å². The van der Waals surface area contributed by atoms with Crippen LogP contribution in [0, 0.1) is 5.82 Å². The van der Waals surface area contributed by atoms with Gasteiger partial charge in [-0.1, -0.05) is 18.5 Å². The zero-order valence-electron chi connectivity index (χ0n) is 13.6. The SMILES string of the molecule is CCCN1CCC(NC(=O)[C@@H](C)Oc2ccc(F)cc2Cl)CC1. The Balaban J connectivity index is 1.81. The predicted molar refractivity (Wildman–Crippen MR) is 89.4 cm³/mol. The number of piperidine rings is 1. The van der Waals surface area contributed by atoms with E-state index >= 15 is 0 Å². The van der Waals surface area contributed by atoms with Gasteiger partial charge in [0.1, 0.15) is 11.6 Å². The molecule has 6 heteroatoms. The van der Waals surface area contributed by atoms with Crippen molar-refractivity contribution in [3.63, 3.8) is 0 Å². The van der Waals surface area contributed by atoms with E-state index in [4.69, 9.17) is 16.3 Å². The summed E-state index contributed by atoms with van der Waals surface area (Å²) in [5.41, 5.74) is 0. The van der Waals surface area contributed by atoms with Gasteiger partial charge in [-0.2, -0.15) is 0 Å². The molecule has 1 aromatic carbocycles. The van der Waals surface area contributed by atoms with E-state index in [1.54, 1.807) is 6.92 Å². The number of nitrogens with zero attached hydrogens (tertiary/aromatic N) is 1. The van der Waals surface area contributed by atoms with E-state index in [2.05, 4.69) is 17.1 Å². The van der Waals surface area contributed by atoms with Crippen LogP contribution in [0.5, 0.6) is 5.75 Å². The minimum Gasteiger partial charge on any atom is -0.479 e. The minimum atomic E-state index is -0.674. The molecular formula is C17H24ClFN2O2. The highest BCUT2D eigenvalue weighted by Crippen LogP contribution is 2.26. The number of hydrogen-bond donors (Lipinski definition) is 1. The van der Waals surface area contributed by atoms with E-state index in [1.165, 1.54) is 18.2 Å². The van der Waals surface area contributed by atoms with Crippen LogP contribution in [0.4, 0.5) is 4.39 Å². The third-order valence-electron chi connectivity index (χ3n) is 4.04. The van der Waals surface area contributed by atoms with Crippen molar-refractivity contribution in [2.75, 3.05) is 19.6 Å². The number of ether oxygens (including phenoxy) is 1. The Kier molecular flexibility index (Phi) is 6.66. The molecule has 1 aromatic rings. The van der Waals surface area contributed by atoms with Crippen LogP contribution in [-0.4, -0.2) is 42.6 Å². The van der Waals surface area contributed by atoms with Gasteiger partial charge < -0.3 is 15.0 Å². The predicted octanol–water partition coefficient (Wildman–Crippen LogP) is 3.24. The summed E-state index contributed by atoms with van der Waals surface area (Å²) >= 11 is 5.91. The van der Waals surface area contributed by atoms with E-state index in [1.807, 2.05) is 0 Å². The number of amides is 1. The van der Waals surface area contributed by atoms with Crippen molar-refractivity contribution in [1.29, 1.82) is 0 Å². The Hall–Kier alpha value is -1.33. The maximum atomic E-state index is 13.0. The molecule has 0 aliphatic carbocycles.